The van der Waals surface area contributed by atoms with Gasteiger partial charge in [0, 0.05) is 46.1 Å². The van der Waals surface area contributed by atoms with Gasteiger partial charge in [-0.05, 0) is 53.5 Å². The van der Waals surface area contributed by atoms with E-state index in [1.54, 1.807) is 0 Å². The first kappa shape index (κ1) is 42.4. The Bertz CT molecular complexity index is 1840. The first-order chi connectivity index (χ1) is 27.4. The van der Waals surface area contributed by atoms with Crippen molar-refractivity contribution in [2.24, 2.45) is 5.92 Å². The molecule has 1 saturated carbocycles. The van der Waals surface area contributed by atoms with E-state index in [2.05, 4.69) is 5.32 Å². The van der Waals surface area contributed by atoms with Crippen LogP contribution in [-0.2, 0) is 63.7 Å². The van der Waals surface area contributed by atoms with E-state index in [1.165, 1.54) is 27.7 Å². The van der Waals surface area contributed by atoms with Crippen LogP contribution in [0, 0.1) is 5.92 Å². The maximum atomic E-state index is 13.4. The number of amides is 1. The smallest absolute Gasteiger partial charge is 0.407 e. The van der Waals surface area contributed by atoms with Gasteiger partial charge in [0.1, 0.15) is 25.4 Å². The maximum Gasteiger partial charge on any atom is 0.407 e. The Labute approximate surface area is 331 Å². The zero-order chi connectivity index (χ0) is 40.9. The fourth-order valence-electron chi connectivity index (χ4n) is 7.34. The molecule has 0 bridgehead atoms. The van der Waals surface area contributed by atoms with Gasteiger partial charge in [0.2, 0.25) is 0 Å². The molecule has 0 aromatic heterocycles. The molecule has 3 aromatic rings. The van der Waals surface area contributed by atoms with Crippen LogP contribution in [0.3, 0.4) is 0 Å². The second-order valence-electron chi connectivity index (χ2n) is 14.0. The molecule has 6 atom stereocenters. The molecule has 14 nitrogen and oxygen atoms in total. The van der Waals surface area contributed by atoms with E-state index in [9.17, 15) is 28.8 Å². The molecule has 0 spiro atoms. The molecule has 0 heterocycles. The normalized spacial score (nSPS) is 20.2. The molecule has 1 N–H and O–H groups in total. The number of carbonyl (C=O) groups excluding carboxylic acids is 6. The zero-order valence-electron chi connectivity index (χ0n) is 32.5. The monoisotopic (exact) mass is 787 g/mol. The second-order valence-corrected chi connectivity index (χ2v) is 14.0. The SMILES string of the molecule is CC(=O)OCC1C[C@H](OCCCC[C@H](NC(=O)OCC2c3ccccc3-c3ccccc32)C(=O)OCc2ccccc2)C(OC(C)=O)[C@@H](OC(C)=O)[C@H]1OC(C)=O. The van der Waals surface area contributed by atoms with Gasteiger partial charge in [-0.2, -0.15) is 0 Å². The molecule has 1 amide bonds. The van der Waals surface area contributed by atoms with Gasteiger partial charge in [0.25, 0.3) is 0 Å². The van der Waals surface area contributed by atoms with Crippen LogP contribution in [0.2, 0.25) is 0 Å². The fraction of sp³-hybridized carbons (Fsp3) is 0.442. The van der Waals surface area contributed by atoms with Gasteiger partial charge >= 0.3 is 35.9 Å². The van der Waals surface area contributed by atoms with Crippen LogP contribution >= 0.6 is 0 Å². The number of esters is 5. The van der Waals surface area contributed by atoms with Crippen LogP contribution in [0.25, 0.3) is 11.1 Å². The summed E-state index contributed by atoms with van der Waals surface area (Å²) >= 11 is 0. The molecule has 3 aromatic carbocycles. The summed E-state index contributed by atoms with van der Waals surface area (Å²) in [5.74, 6) is -4.10. The molecule has 304 valence electrons. The predicted molar refractivity (Wildman–Crippen MR) is 203 cm³/mol. The van der Waals surface area contributed by atoms with Crippen molar-refractivity contribution < 1.29 is 61.9 Å². The van der Waals surface area contributed by atoms with Crippen molar-refractivity contribution in [3.05, 3.63) is 95.6 Å². The Balaban J connectivity index is 1.23. The van der Waals surface area contributed by atoms with Crippen LogP contribution in [0.15, 0.2) is 78.9 Å². The highest BCUT2D eigenvalue weighted by atomic mass is 16.6. The van der Waals surface area contributed by atoms with E-state index in [4.69, 9.17) is 33.2 Å². The Morgan fingerprint density at radius 1 is 0.632 bits per heavy atom. The number of nitrogens with one attached hydrogen (secondary N) is 1. The number of carbonyl (C=O) groups is 6. The van der Waals surface area contributed by atoms with Gasteiger partial charge in [0.15, 0.2) is 12.2 Å². The van der Waals surface area contributed by atoms with Crippen molar-refractivity contribution in [3.63, 3.8) is 0 Å². The van der Waals surface area contributed by atoms with Gasteiger partial charge < -0.3 is 38.5 Å². The highest BCUT2D eigenvalue weighted by Gasteiger charge is 2.51. The molecule has 0 aliphatic heterocycles. The lowest BCUT2D eigenvalue weighted by Gasteiger charge is -2.44. The van der Waals surface area contributed by atoms with Gasteiger partial charge in [-0.1, -0.05) is 78.9 Å². The Morgan fingerprint density at radius 2 is 1.21 bits per heavy atom. The average Bonchev–Trinajstić information content (AvgIpc) is 3.50. The Hall–Kier alpha value is -5.76. The number of rotatable bonds is 17. The largest absolute Gasteiger partial charge is 0.465 e. The molecule has 2 aliphatic carbocycles. The van der Waals surface area contributed by atoms with Crippen molar-refractivity contribution >= 4 is 35.9 Å². The molecule has 57 heavy (non-hydrogen) atoms. The minimum atomic E-state index is -1.25. The zero-order valence-corrected chi connectivity index (χ0v) is 32.5. The number of fused-ring (bicyclic) bond motifs is 3. The summed E-state index contributed by atoms with van der Waals surface area (Å²) in [4.78, 5) is 74.8. The molecule has 5 rings (SSSR count). The van der Waals surface area contributed by atoms with Gasteiger partial charge in [-0.15, -0.1) is 0 Å². The van der Waals surface area contributed by atoms with Crippen LogP contribution < -0.4 is 5.32 Å². The van der Waals surface area contributed by atoms with Gasteiger partial charge in [-0.25, -0.2) is 9.59 Å². The number of hydrogen-bond donors (Lipinski definition) is 1. The van der Waals surface area contributed by atoms with Crippen molar-refractivity contribution in [1.29, 1.82) is 0 Å². The van der Waals surface area contributed by atoms with E-state index < -0.39 is 72.3 Å². The maximum absolute atomic E-state index is 13.4. The molecular formula is C43H49NO13. The standard InChI is InChI=1S/C43H49NO13/c1-26(45)52-24-31-22-38(40(56-28(3)47)41(57-29(4)48)39(31)55-27(2)46)51-21-13-12-20-37(42(49)53-23-30-14-6-5-7-15-30)44-43(50)54-25-36-34-18-10-8-16-32(34)33-17-9-11-19-35(33)36/h5-11,14-19,31,36-41H,12-13,20-25H2,1-4H3,(H,44,50)/t31?,37-,38-,39-,40?,41-/m0/s1. The van der Waals surface area contributed by atoms with Crippen molar-refractivity contribution in [3.8, 4) is 11.1 Å². The Morgan fingerprint density at radius 3 is 1.82 bits per heavy atom. The van der Waals surface area contributed by atoms with E-state index in [-0.39, 0.29) is 45.2 Å². The number of alkyl carbamates (subject to hydrolysis) is 1. The lowest BCUT2D eigenvalue weighted by atomic mass is 9.80. The van der Waals surface area contributed by atoms with E-state index in [0.717, 1.165) is 27.8 Å². The highest BCUT2D eigenvalue weighted by Crippen LogP contribution is 2.44. The summed E-state index contributed by atoms with van der Waals surface area (Å²) in [6.07, 6.45) is -4.03. The Kier molecular flexibility index (Phi) is 15.2. The van der Waals surface area contributed by atoms with E-state index in [1.807, 2.05) is 78.9 Å². The third kappa shape index (κ3) is 11.9. The number of hydrogen-bond acceptors (Lipinski definition) is 13. The van der Waals surface area contributed by atoms with Crippen molar-refractivity contribution in [2.75, 3.05) is 19.8 Å². The summed E-state index contributed by atoms with van der Waals surface area (Å²) in [7, 11) is 0. The topological polar surface area (TPSA) is 179 Å². The van der Waals surface area contributed by atoms with E-state index in [0.29, 0.717) is 12.8 Å². The molecule has 14 heteroatoms. The molecular weight excluding hydrogens is 738 g/mol. The summed E-state index contributed by atoms with van der Waals surface area (Å²) in [6, 6.07) is 24.1. The number of benzene rings is 3. The highest BCUT2D eigenvalue weighted by molar-refractivity contribution is 5.82. The van der Waals surface area contributed by atoms with Crippen LogP contribution in [0.4, 0.5) is 4.79 Å². The van der Waals surface area contributed by atoms with Crippen molar-refractivity contribution in [1.82, 2.24) is 5.32 Å². The van der Waals surface area contributed by atoms with E-state index >= 15 is 0 Å². The number of ether oxygens (including phenoxy) is 7. The summed E-state index contributed by atoms with van der Waals surface area (Å²) in [5, 5.41) is 2.70. The quantitative estimate of drug-likeness (QED) is 0.102. The molecule has 0 saturated heterocycles. The van der Waals surface area contributed by atoms with Crippen LogP contribution in [-0.4, -0.2) is 86.2 Å². The molecule has 2 unspecified atom stereocenters. The summed E-state index contributed by atoms with van der Waals surface area (Å²) in [5.41, 5.74) is 5.07. The first-order valence-corrected chi connectivity index (χ1v) is 19.0. The third-order valence-electron chi connectivity index (χ3n) is 9.78. The van der Waals surface area contributed by atoms with Crippen LogP contribution in [0.5, 0.6) is 0 Å². The lowest BCUT2D eigenvalue weighted by molar-refractivity contribution is -0.221. The van der Waals surface area contributed by atoms with Crippen LogP contribution in [0.1, 0.15) is 76.0 Å². The minimum Gasteiger partial charge on any atom is -0.465 e. The first-order valence-electron chi connectivity index (χ1n) is 19.0. The lowest BCUT2D eigenvalue weighted by Crippen LogP contribution is -2.59. The predicted octanol–water partition coefficient (Wildman–Crippen LogP) is 5.57. The summed E-state index contributed by atoms with van der Waals surface area (Å²) < 4.78 is 39.4. The number of unbranched alkanes of at least 4 members (excludes halogenated alkanes) is 1. The molecule has 2 aliphatic rings. The minimum absolute atomic E-state index is 0.0111. The third-order valence-corrected chi connectivity index (χ3v) is 9.78. The molecule has 1 fully saturated rings. The second kappa shape index (κ2) is 20.4. The summed E-state index contributed by atoms with van der Waals surface area (Å²) in [6.45, 7) is 4.77. The van der Waals surface area contributed by atoms with Crippen molar-refractivity contribution in [2.45, 2.75) is 96.4 Å². The average molecular weight is 788 g/mol. The van der Waals surface area contributed by atoms with Gasteiger partial charge in [-0.3, -0.25) is 19.2 Å². The van der Waals surface area contributed by atoms with Gasteiger partial charge in [0.05, 0.1) is 12.7 Å². The molecule has 0 radical (unpaired) electrons. The fourth-order valence-corrected chi connectivity index (χ4v) is 7.34.